The zero-order valence-electron chi connectivity index (χ0n) is 16.4. The standard InChI is InChI=1S/C20H23FN4O4/c1-20(2,3)25(19(28)29)16-12-14(9-10-22-16)18(27)24-23-17(26)8-7-13-5-4-6-15(21)11-13/h4-6,9-12H,7-8H2,1-3H3,(H,23,26)(H,24,27)(H,28,29). The molecule has 0 spiro atoms. The highest BCUT2D eigenvalue weighted by Gasteiger charge is 2.29. The maximum atomic E-state index is 13.1. The summed E-state index contributed by atoms with van der Waals surface area (Å²) in [6.45, 7) is 5.11. The van der Waals surface area contributed by atoms with Crippen LogP contribution in [0.15, 0.2) is 42.6 Å². The summed E-state index contributed by atoms with van der Waals surface area (Å²) < 4.78 is 13.1. The van der Waals surface area contributed by atoms with Crippen LogP contribution in [0.25, 0.3) is 0 Å². The number of nitrogens with zero attached hydrogens (tertiary/aromatic N) is 2. The van der Waals surface area contributed by atoms with E-state index in [0.717, 1.165) is 4.90 Å². The molecule has 3 N–H and O–H groups in total. The molecule has 9 heteroatoms. The van der Waals surface area contributed by atoms with Gasteiger partial charge in [0.15, 0.2) is 0 Å². The van der Waals surface area contributed by atoms with Crippen LogP contribution in [0.2, 0.25) is 0 Å². The number of pyridine rings is 1. The first kappa shape index (κ1) is 21.8. The number of anilines is 1. The summed E-state index contributed by atoms with van der Waals surface area (Å²) in [5, 5.41) is 9.44. The number of hydrogen-bond acceptors (Lipinski definition) is 4. The van der Waals surface area contributed by atoms with E-state index in [2.05, 4.69) is 15.8 Å². The van der Waals surface area contributed by atoms with Gasteiger partial charge in [0.25, 0.3) is 5.91 Å². The van der Waals surface area contributed by atoms with Crippen molar-refractivity contribution in [3.05, 3.63) is 59.5 Å². The van der Waals surface area contributed by atoms with E-state index in [1.807, 2.05) is 0 Å². The molecule has 8 nitrogen and oxygen atoms in total. The Bertz CT molecular complexity index is 911. The topological polar surface area (TPSA) is 112 Å². The normalized spacial score (nSPS) is 10.9. The van der Waals surface area contributed by atoms with E-state index in [4.69, 9.17) is 0 Å². The summed E-state index contributed by atoms with van der Waals surface area (Å²) in [4.78, 5) is 40.8. The van der Waals surface area contributed by atoms with E-state index in [-0.39, 0.29) is 23.6 Å². The van der Waals surface area contributed by atoms with Gasteiger partial charge >= 0.3 is 6.09 Å². The molecule has 3 amide bonds. The van der Waals surface area contributed by atoms with E-state index in [0.29, 0.717) is 12.0 Å². The SMILES string of the molecule is CC(C)(C)N(C(=O)O)c1cc(C(=O)NNC(=O)CCc2cccc(F)c2)ccn1. The van der Waals surface area contributed by atoms with Crippen LogP contribution in [0.5, 0.6) is 0 Å². The zero-order chi connectivity index (χ0) is 21.6. The fraction of sp³-hybridized carbons (Fsp3) is 0.300. The Morgan fingerprint density at radius 1 is 1.14 bits per heavy atom. The number of carboxylic acid groups (broad SMARTS) is 1. The summed E-state index contributed by atoms with van der Waals surface area (Å²) in [6.07, 6.45) is 0.492. The average Bonchev–Trinajstić information content (AvgIpc) is 2.63. The highest BCUT2D eigenvalue weighted by molar-refractivity contribution is 5.97. The van der Waals surface area contributed by atoms with Crippen LogP contribution in [0.3, 0.4) is 0 Å². The van der Waals surface area contributed by atoms with Gasteiger partial charge in [-0.1, -0.05) is 12.1 Å². The van der Waals surface area contributed by atoms with Crippen LogP contribution < -0.4 is 15.8 Å². The molecular weight excluding hydrogens is 379 g/mol. The summed E-state index contributed by atoms with van der Waals surface area (Å²) in [5.74, 6) is -1.35. The summed E-state index contributed by atoms with van der Waals surface area (Å²) >= 11 is 0. The van der Waals surface area contributed by atoms with E-state index in [1.54, 1.807) is 32.9 Å². The first-order valence-corrected chi connectivity index (χ1v) is 8.91. The van der Waals surface area contributed by atoms with E-state index in [9.17, 15) is 23.9 Å². The quantitative estimate of drug-likeness (QED) is 0.666. The van der Waals surface area contributed by atoms with Crippen molar-refractivity contribution >= 4 is 23.7 Å². The molecule has 0 radical (unpaired) electrons. The van der Waals surface area contributed by atoms with Crippen molar-refractivity contribution in [2.24, 2.45) is 0 Å². The van der Waals surface area contributed by atoms with E-state index in [1.165, 1.54) is 30.5 Å². The maximum absolute atomic E-state index is 13.1. The molecule has 2 aromatic rings. The Kier molecular flexibility index (Phi) is 6.87. The lowest BCUT2D eigenvalue weighted by Gasteiger charge is -2.32. The molecular formula is C20H23FN4O4. The summed E-state index contributed by atoms with van der Waals surface area (Å²) in [6, 6.07) is 8.65. The molecule has 1 heterocycles. The van der Waals surface area contributed by atoms with Crippen molar-refractivity contribution in [1.29, 1.82) is 0 Å². The van der Waals surface area contributed by atoms with Gasteiger partial charge in [0.1, 0.15) is 11.6 Å². The molecule has 2 rings (SSSR count). The number of halogens is 1. The number of carbonyl (C=O) groups excluding carboxylic acids is 2. The number of amides is 3. The van der Waals surface area contributed by atoms with Crippen LogP contribution in [-0.4, -0.2) is 33.5 Å². The first-order valence-electron chi connectivity index (χ1n) is 8.91. The average molecular weight is 402 g/mol. The number of hydrogen-bond donors (Lipinski definition) is 3. The number of rotatable bonds is 5. The Balaban J connectivity index is 1.97. The van der Waals surface area contributed by atoms with Crippen molar-refractivity contribution in [1.82, 2.24) is 15.8 Å². The summed E-state index contributed by atoms with van der Waals surface area (Å²) in [7, 11) is 0. The van der Waals surface area contributed by atoms with Crippen LogP contribution in [0, 0.1) is 5.82 Å². The molecule has 1 aromatic carbocycles. The second-order valence-electron chi connectivity index (χ2n) is 7.32. The third-order valence-corrected chi connectivity index (χ3v) is 3.94. The molecule has 29 heavy (non-hydrogen) atoms. The number of nitrogens with one attached hydrogen (secondary N) is 2. The van der Waals surface area contributed by atoms with Gasteiger partial charge in [0, 0.05) is 23.7 Å². The minimum atomic E-state index is -1.20. The van der Waals surface area contributed by atoms with Crippen LogP contribution in [-0.2, 0) is 11.2 Å². The Labute approximate surface area is 167 Å². The lowest BCUT2D eigenvalue weighted by atomic mass is 10.1. The van der Waals surface area contributed by atoms with Gasteiger partial charge in [-0.05, 0) is 57.0 Å². The molecule has 0 aliphatic heterocycles. The van der Waals surface area contributed by atoms with Crippen LogP contribution >= 0.6 is 0 Å². The molecule has 0 aliphatic rings. The molecule has 154 valence electrons. The molecule has 0 fully saturated rings. The molecule has 0 saturated carbocycles. The molecule has 0 unspecified atom stereocenters. The third-order valence-electron chi connectivity index (χ3n) is 3.94. The zero-order valence-corrected chi connectivity index (χ0v) is 16.4. The van der Waals surface area contributed by atoms with Gasteiger partial charge in [0.05, 0.1) is 0 Å². The molecule has 0 atom stereocenters. The third kappa shape index (κ3) is 6.27. The van der Waals surface area contributed by atoms with Gasteiger partial charge in [-0.15, -0.1) is 0 Å². The van der Waals surface area contributed by atoms with Gasteiger partial charge in [-0.3, -0.25) is 25.3 Å². The number of hydrazine groups is 1. The van der Waals surface area contributed by atoms with Gasteiger partial charge in [-0.25, -0.2) is 14.2 Å². The summed E-state index contributed by atoms with van der Waals surface area (Å²) in [5.41, 5.74) is 4.60. The maximum Gasteiger partial charge on any atom is 0.413 e. The lowest BCUT2D eigenvalue weighted by Crippen LogP contribution is -2.46. The largest absolute Gasteiger partial charge is 0.465 e. The minimum absolute atomic E-state index is 0.0577. The highest BCUT2D eigenvalue weighted by atomic mass is 19.1. The van der Waals surface area contributed by atoms with Crippen molar-refractivity contribution in [3.8, 4) is 0 Å². The Morgan fingerprint density at radius 3 is 2.48 bits per heavy atom. The van der Waals surface area contributed by atoms with Gasteiger partial charge < -0.3 is 5.11 Å². The highest BCUT2D eigenvalue weighted by Crippen LogP contribution is 2.22. The monoisotopic (exact) mass is 402 g/mol. The van der Waals surface area contributed by atoms with Crippen molar-refractivity contribution < 1.29 is 23.9 Å². The number of aryl methyl sites for hydroxylation is 1. The molecule has 0 aliphatic carbocycles. The second-order valence-corrected chi connectivity index (χ2v) is 7.32. The van der Waals surface area contributed by atoms with Crippen LogP contribution in [0.4, 0.5) is 15.0 Å². The van der Waals surface area contributed by atoms with E-state index >= 15 is 0 Å². The van der Waals surface area contributed by atoms with Crippen molar-refractivity contribution in [2.45, 2.75) is 39.2 Å². The number of benzene rings is 1. The first-order chi connectivity index (χ1) is 13.6. The second kappa shape index (κ2) is 9.13. The van der Waals surface area contributed by atoms with Crippen molar-refractivity contribution in [3.63, 3.8) is 0 Å². The number of aromatic nitrogens is 1. The van der Waals surface area contributed by atoms with E-state index < -0.39 is 23.4 Å². The fourth-order valence-electron chi connectivity index (χ4n) is 2.62. The fourth-order valence-corrected chi connectivity index (χ4v) is 2.62. The van der Waals surface area contributed by atoms with Gasteiger partial charge in [-0.2, -0.15) is 0 Å². The smallest absolute Gasteiger partial charge is 0.413 e. The molecule has 1 aromatic heterocycles. The predicted molar refractivity (Wildman–Crippen MR) is 105 cm³/mol. The lowest BCUT2D eigenvalue weighted by molar-refractivity contribution is -0.121. The Hall–Kier alpha value is -3.49. The van der Waals surface area contributed by atoms with Crippen molar-refractivity contribution in [2.75, 3.05) is 4.90 Å². The van der Waals surface area contributed by atoms with Gasteiger partial charge in [0.2, 0.25) is 5.91 Å². The molecule has 0 saturated heterocycles. The predicted octanol–water partition coefficient (Wildman–Crippen LogP) is 2.90. The minimum Gasteiger partial charge on any atom is -0.465 e. The Morgan fingerprint density at radius 2 is 1.86 bits per heavy atom. The molecule has 0 bridgehead atoms. The van der Waals surface area contributed by atoms with Crippen LogP contribution in [0.1, 0.15) is 43.1 Å². The number of carbonyl (C=O) groups is 3.